The summed E-state index contributed by atoms with van der Waals surface area (Å²) in [6.45, 7) is 11.1. The van der Waals surface area contributed by atoms with Gasteiger partial charge in [0.15, 0.2) is 0 Å². The molecule has 0 saturated carbocycles. The molecule has 9 nitrogen and oxygen atoms in total. The standard InChI is InChI=1S/C24H35N7O2/c1-6-20(33)31-14-24(15-31)8-10-30(13-24)23-27-21(18-7-9-29(5)22(18)28-23)26-17(11-16(2)3)12-19(32)25-4/h6-7,9,16-17H,1,8,10-15H2,2-5H3,(H,25,32)(H,26,27,28). The highest BCUT2D eigenvalue weighted by molar-refractivity contribution is 5.89. The second-order valence-electron chi connectivity index (χ2n) is 9.95. The van der Waals surface area contributed by atoms with E-state index in [1.807, 2.05) is 28.8 Å². The highest BCUT2D eigenvalue weighted by atomic mass is 16.2. The van der Waals surface area contributed by atoms with Gasteiger partial charge in [-0.15, -0.1) is 0 Å². The lowest BCUT2D eigenvalue weighted by Gasteiger charge is -2.47. The van der Waals surface area contributed by atoms with Crippen molar-refractivity contribution in [1.29, 1.82) is 0 Å². The topological polar surface area (TPSA) is 95.4 Å². The van der Waals surface area contributed by atoms with E-state index in [-0.39, 0.29) is 23.3 Å². The molecular weight excluding hydrogens is 418 g/mol. The number of aromatic nitrogens is 3. The van der Waals surface area contributed by atoms with Crippen molar-refractivity contribution in [3.63, 3.8) is 0 Å². The van der Waals surface area contributed by atoms with Crippen LogP contribution in [-0.2, 0) is 16.6 Å². The average molecular weight is 454 g/mol. The first-order valence-corrected chi connectivity index (χ1v) is 11.7. The van der Waals surface area contributed by atoms with Crippen molar-refractivity contribution < 1.29 is 9.59 Å². The van der Waals surface area contributed by atoms with Gasteiger partial charge in [0.25, 0.3) is 0 Å². The summed E-state index contributed by atoms with van der Waals surface area (Å²) < 4.78 is 2.00. The van der Waals surface area contributed by atoms with Crippen LogP contribution >= 0.6 is 0 Å². The van der Waals surface area contributed by atoms with E-state index in [2.05, 4.69) is 36.0 Å². The molecule has 2 fully saturated rings. The molecule has 2 N–H and O–H groups in total. The number of likely N-dealkylation sites (tertiary alicyclic amines) is 1. The number of amides is 2. The van der Waals surface area contributed by atoms with Gasteiger partial charge in [-0.25, -0.2) is 0 Å². The Morgan fingerprint density at radius 2 is 2.03 bits per heavy atom. The second-order valence-corrected chi connectivity index (χ2v) is 9.95. The lowest BCUT2D eigenvalue weighted by Crippen LogP contribution is -2.59. The van der Waals surface area contributed by atoms with E-state index in [4.69, 9.17) is 9.97 Å². The highest BCUT2D eigenvalue weighted by Gasteiger charge is 2.49. The van der Waals surface area contributed by atoms with E-state index in [0.717, 1.165) is 55.9 Å². The Bertz CT molecular complexity index is 1050. The van der Waals surface area contributed by atoms with Crippen molar-refractivity contribution in [3.8, 4) is 0 Å². The van der Waals surface area contributed by atoms with Crippen LogP contribution in [0.5, 0.6) is 0 Å². The molecule has 9 heteroatoms. The molecule has 2 saturated heterocycles. The Hall–Kier alpha value is -3.10. The quantitative estimate of drug-likeness (QED) is 0.595. The lowest BCUT2D eigenvalue weighted by molar-refractivity contribution is -0.136. The van der Waals surface area contributed by atoms with E-state index in [9.17, 15) is 9.59 Å². The van der Waals surface area contributed by atoms with Gasteiger partial charge in [-0.3, -0.25) is 9.59 Å². The van der Waals surface area contributed by atoms with Crippen molar-refractivity contribution in [2.75, 3.05) is 43.4 Å². The summed E-state index contributed by atoms with van der Waals surface area (Å²) in [4.78, 5) is 37.9. The number of hydrogen-bond donors (Lipinski definition) is 2. The second kappa shape index (κ2) is 9.03. The molecule has 0 aliphatic carbocycles. The van der Waals surface area contributed by atoms with Crippen LogP contribution in [0.15, 0.2) is 24.9 Å². The number of hydrogen-bond acceptors (Lipinski definition) is 6. The number of aryl methyl sites for hydroxylation is 1. The third-order valence-corrected chi connectivity index (χ3v) is 6.78. The van der Waals surface area contributed by atoms with Crippen LogP contribution in [-0.4, -0.2) is 70.5 Å². The first-order chi connectivity index (χ1) is 15.7. The zero-order valence-corrected chi connectivity index (χ0v) is 20.1. The minimum atomic E-state index is -0.0221. The SMILES string of the molecule is C=CC(=O)N1CC2(CCN(c3nc(NC(CC(=O)NC)CC(C)C)c4ccn(C)c4n3)C2)C1. The van der Waals surface area contributed by atoms with Crippen molar-refractivity contribution in [2.45, 2.75) is 39.2 Å². The van der Waals surface area contributed by atoms with Crippen LogP contribution < -0.4 is 15.5 Å². The smallest absolute Gasteiger partial charge is 0.245 e. The lowest BCUT2D eigenvalue weighted by atomic mass is 9.79. The molecular formula is C24H35N7O2. The molecule has 178 valence electrons. The van der Waals surface area contributed by atoms with Gasteiger partial charge in [0, 0.05) is 64.3 Å². The summed E-state index contributed by atoms with van der Waals surface area (Å²) in [5.74, 6) is 1.91. The van der Waals surface area contributed by atoms with Gasteiger partial charge in [-0.1, -0.05) is 20.4 Å². The minimum absolute atomic E-state index is 0.000600. The maximum absolute atomic E-state index is 12.1. The molecule has 0 aromatic carbocycles. The van der Waals surface area contributed by atoms with Gasteiger partial charge >= 0.3 is 0 Å². The molecule has 0 radical (unpaired) electrons. The molecule has 2 aromatic heterocycles. The number of rotatable bonds is 8. The predicted octanol–water partition coefficient (Wildman–Crippen LogP) is 2.16. The van der Waals surface area contributed by atoms with Gasteiger partial charge in [0.1, 0.15) is 11.5 Å². The molecule has 2 aliphatic heterocycles. The van der Waals surface area contributed by atoms with Crippen LogP contribution in [0.4, 0.5) is 11.8 Å². The van der Waals surface area contributed by atoms with E-state index in [0.29, 0.717) is 18.3 Å². The van der Waals surface area contributed by atoms with Gasteiger partial charge < -0.3 is 25.0 Å². The summed E-state index contributed by atoms with van der Waals surface area (Å²) >= 11 is 0. The van der Waals surface area contributed by atoms with E-state index in [1.54, 1.807) is 7.05 Å². The largest absolute Gasteiger partial charge is 0.366 e. The fraction of sp³-hybridized carbons (Fsp3) is 0.583. The van der Waals surface area contributed by atoms with Gasteiger partial charge in [0.05, 0.1) is 5.39 Å². The maximum atomic E-state index is 12.1. The monoisotopic (exact) mass is 453 g/mol. The van der Waals surface area contributed by atoms with Gasteiger partial charge in [-0.05, 0) is 30.9 Å². The molecule has 2 aliphatic rings. The Labute approximate surface area is 195 Å². The van der Waals surface area contributed by atoms with Crippen molar-refractivity contribution >= 4 is 34.6 Å². The van der Waals surface area contributed by atoms with E-state index >= 15 is 0 Å². The first-order valence-electron chi connectivity index (χ1n) is 11.7. The van der Waals surface area contributed by atoms with Gasteiger partial charge in [-0.2, -0.15) is 9.97 Å². The molecule has 33 heavy (non-hydrogen) atoms. The van der Waals surface area contributed by atoms with E-state index in [1.165, 1.54) is 6.08 Å². The van der Waals surface area contributed by atoms with Crippen molar-refractivity contribution in [2.24, 2.45) is 18.4 Å². The number of nitrogens with zero attached hydrogens (tertiary/aromatic N) is 5. The highest BCUT2D eigenvalue weighted by Crippen LogP contribution is 2.41. The number of nitrogens with one attached hydrogen (secondary N) is 2. The third-order valence-electron chi connectivity index (χ3n) is 6.78. The molecule has 2 aromatic rings. The van der Waals surface area contributed by atoms with Crippen molar-refractivity contribution in [3.05, 3.63) is 24.9 Å². The number of fused-ring (bicyclic) bond motifs is 1. The molecule has 4 heterocycles. The fourth-order valence-electron chi connectivity index (χ4n) is 5.07. The summed E-state index contributed by atoms with van der Waals surface area (Å²) in [6.07, 6.45) is 5.64. The molecule has 1 spiro atoms. The summed E-state index contributed by atoms with van der Waals surface area (Å²) in [5.41, 5.74) is 0.974. The van der Waals surface area contributed by atoms with Crippen LogP contribution in [0.3, 0.4) is 0 Å². The Kier molecular flexibility index (Phi) is 6.32. The van der Waals surface area contributed by atoms with Crippen LogP contribution in [0, 0.1) is 11.3 Å². The minimum Gasteiger partial charge on any atom is -0.366 e. The van der Waals surface area contributed by atoms with Crippen LogP contribution in [0.2, 0.25) is 0 Å². The summed E-state index contributed by atoms with van der Waals surface area (Å²) in [6, 6.07) is 2.00. The average Bonchev–Trinajstić information content (AvgIpc) is 3.36. The predicted molar refractivity (Wildman–Crippen MR) is 130 cm³/mol. The number of carbonyl (C=O) groups is 2. The summed E-state index contributed by atoms with van der Waals surface area (Å²) in [7, 11) is 3.65. The molecule has 2 amide bonds. The maximum Gasteiger partial charge on any atom is 0.245 e. The zero-order valence-electron chi connectivity index (χ0n) is 20.1. The fourth-order valence-corrected chi connectivity index (χ4v) is 5.07. The third kappa shape index (κ3) is 4.67. The molecule has 4 rings (SSSR count). The van der Waals surface area contributed by atoms with Crippen LogP contribution in [0.1, 0.15) is 33.1 Å². The molecule has 0 bridgehead atoms. The normalized spacial score (nSPS) is 18.0. The Balaban J connectivity index is 1.58. The first kappa shape index (κ1) is 23.1. The Morgan fingerprint density at radius 1 is 1.27 bits per heavy atom. The molecule has 1 atom stereocenters. The zero-order chi connectivity index (χ0) is 23.8. The number of anilines is 2. The van der Waals surface area contributed by atoms with Crippen molar-refractivity contribution in [1.82, 2.24) is 24.8 Å². The Morgan fingerprint density at radius 3 is 2.70 bits per heavy atom. The summed E-state index contributed by atoms with van der Waals surface area (Å²) in [5, 5.41) is 7.24. The number of carbonyl (C=O) groups excluding carboxylic acids is 2. The van der Waals surface area contributed by atoms with Gasteiger partial charge in [0.2, 0.25) is 17.8 Å². The van der Waals surface area contributed by atoms with Crippen LogP contribution in [0.25, 0.3) is 11.0 Å². The van der Waals surface area contributed by atoms with E-state index < -0.39 is 0 Å². The molecule has 1 unspecified atom stereocenters.